The lowest BCUT2D eigenvalue weighted by Gasteiger charge is -2.44. The van der Waals surface area contributed by atoms with Crippen LogP contribution in [0.4, 0.5) is 0 Å². The molecular formula is C16H21N3O. The Bertz CT molecular complexity index is 605. The molecule has 4 rings (SSSR count). The topological polar surface area (TPSA) is 41.1 Å². The third-order valence-electron chi connectivity index (χ3n) is 4.97. The first-order chi connectivity index (χ1) is 9.81. The fraction of sp³-hybridized carbons (Fsp3) is 0.562. The van der Waals surface area contributed by atoms with Gasteiger partial charge in [-0.1, -0.05) is 19.1 Å². The smallest absolute Gasteiger partial charge is 0.0653 e. The molecule has 106 valence electrons. The molecule has 4 nitrogen and oxygen atoms in total. The molecule has 2 atom stereocenters. The number of piperidine rings is 1. The number of aromatic nitrogens is 2. The van der Waals surface area contributed by atoms with Crippen LogP contribution < -0.4 is 0 Å². The van der Waals surface area contributed by atoms with Crippen LogP contribution in [0, 0.1) is 5.92 Å². The van der Waals surface area contributed by atoms with Gasteiger partial charge in [-0.05, 0) is 36.4 Å². The molecule has 0 spiro atoms. The Morgan fingerprint density at radius 1 is 1.35 bits per heavy atom. The van der Waals surface area contributed by atoms with Gasteiger partial charge in [0.25, 0.3) is 0 Å². The zero-order valence-electron chi connectivity index (χ0n) is 11.9. The molecule has 1 aromatic carbocycles. The summed E-state index contributed by atoms with van der Waals surface area (Å²) in [7, 11) is 0. The average Bonchev–Trinajstić information content (AvgIpc) is 2.84. The van der Waals surface area contributed by atoms with E-state index in [0.29, 0.717) is 17.9 Å². The van der Waals surface area contributed by atoms with Gasteiger partial charge in [0.05, 0.1) is 31.0 Å². The Hall–Kier alpha value is -1.39. The predicted molar refractivity (Wildman–Crippen MR) is 78.8 cm³/mol. The summed E-state index contributed by atoms with van der Waals surface area (Å²) in [5.74, 6) is 1.37. The van der Waals surface area contributed by atoms with E-state index in [9.17, 15) is 0 Å². The van der Waals surface area contributed by atoms with E-state index >= 15 is 0 Å². The van der Waals surface area contributed by atoms with Gasteiger partial charge in [0.2, 0.25) is 0 Å². The minimum Gasteiger partial charge on any atom is -0.378 e. The van der Waals surface area contributed by atoms with Crippen molar-refractivity contribution in [3.8, 4) is 0 Å². The maximum atomic E-state index is 5.32. The number of ether oxygens (including phenoxy) is 1. The van der Waals surface area contributed by atoms with E-state index in [0.717, 1.165) is 18.7 Å². The van der Waals surface area contributed by atoms with Crippen molar-refractivity contribution in [2.24, 2.45) is 5.92 Å². The predicted octanol–water partition coefficient (Wildman–Crippen LogP) is 2.39. The van der Waals surface area contributed by atoms with E-state index in [1.807, 2.05) is 6.20 Å². The van der Waals surface area contributed by atoms with E-state index in [-0.39, 0.29) is 0 Å². The first-order valence-electron chi connectivity index (χ1n) is 7.56. The van der Waals surface area contributed by atoms with Gasteiger partial charge in [0, 0.05) is 11.9 Å². The zero-order valence-corrected chi connectivity index (χ0v) is 11.9. The molecule has 2 aromatic rings. The third-order valence-corrected chi connectivity index (χ3v) is 4.97. The number of benzene rings is 1. The highest BCUT2D eigenvalue weighted by Crippen LogP contribution is 2.35. The summed E-state index contributed by atoms with van der Waals surface area (Å²) in [4.78, 5) is 2.61. The largest absolute Gasteiger partial charge is 0.378 e. The van der Waals surface area contributed by atoms with E-state index in [2.05, 4.69) is 40.2 Å². The van der Waals surface area contributed by atoms with Gasteiger partial charge >= 0.3 is 0 Å². The first kappa shape index (κ1) is 12.4. The van der Waals surface area contributed by atoms with Gasteiger partial charge in [-0.2, -0.15) is 5.10 Å². The molecule has 2 unspecified atom stereocenters. The molecule has 1 N–H and O–H groups in total. The van der Waals surface area contributed by atoms with Crippen LogP contribution in [0.5, 0.6) is 0 Å². The van der Waals surface area contributed by atoms with E-state index in [1.54, 1.807) is 0 Å². The van der Waals surface area contributed by atoms with E-state index in [1.165, 1.54) is 30.5 Å². The number of hydrogen-bond acceptors (Lipinski definition) is 3. The van der Waals surface area contributed by atoms with Crippen LogP contribution in [0.2, 0.25) is 0 Å². The van der Waals surface area contributed by atoms with Gasteiger partial charge in [-0.25, -0.2) is 0 Å². The number of rotatable bonds is 2. The van der Waals surface area contributed by atoms with Crippen LogP contribution in [0.25, 0.3) is 10.9 Å². The highest BCUT2D eigenvalue weighted by Gasteiger charge is 2.33. The number of H-pyrrole nitrogens is 1. The molecule has 2 saturated heterocycles. The molecule has 0 bridgehead atoms. The summed E-state index contributed by atoms with van der Waals surface area (Å²) in [6.07, 6.45) is 3.14. The maximum Gasteiger partial charge on any atom is 0.0653 e. The van der Waals surface area contributed by atoms with Crippen LogP contribution >= 0.6 is 0 Å². The lowest BCUT2D eigenvalue weighted by molar-refractivity contribution is -0.0773. The second kappa shape index (κ2) is 4.86. The average molecular weight is 271 g/mol. The molecule has 0 saturated carbocycles. The lowest BCUT2D eigenvalue weighted by atomic mass is 9.81. The molecule has 20 heavy (non-hydrogen) atoms. The van der Waals surface area contributed by atoms with Crippen molar-refractivity contribution >= 4 is 10.9 Å². The van der Waals surface area contributed by atoms with E-state index < -0.39 is 0 Å². The fourth-order valence-electron chi connectivity index (χ4n) is 3.62. The summed E-state index contributed by atoms with van der Waals surface area (Å²) in [6, 6.07) is 7.42. The Kier molecular flexibility index (Phi) is 3.00. The number of nitrogens with one attached hydrogen (secondary N) is 1. The monoisotopic (exact) mass is 271 g/mol. The quantitative estimate of drug-likeness (QED) is 0.912. The Balaban J connectivity index is 1.53. The van der Waals surface area contributed by atoms with Crippen molar-refractivity contribution in [2.45, 2.75) is 25.3 Å². The highest BCUT2D eigenvalue weighted by molar-refractivity contribution is 5.78. The summed E-state index contributed by atoms with van der Waals surface area (Å²) in [5, 5.41) is 8.40. The number of aromatic amines is 1. The van der Waals surface area contributed by atoms with Crippen molar-refractivity contribution in [3.05, 3.63) is 30.0 Å². The first-order valence-corrected chi connectivity index (χ1v) is 7.56. The van der Waals surface area contributed by atoms with Crippen molar-refractivity contribution < 1.29 is 4.74 Å². The number of hydrogen-bond donors (Lipinski definition) is 1. The molecule has 2 aliphatic rings. The molecule has 3 heterocycles. The minimum absolute atomic E-state index is 0.667. The van der Waals surface area contributed by atoms with Gasteiger partial charge < -0.3 is 4.74 Å². The Labute approximate surface area is 119 Å². The molecular weight excluding hydrogens is 250 g/mol. The molecule has 2 aliphatic heterocycles. The van der Waals surface area contributed by atoms with Crippen LogP contribution in [0.1, 0.15) is 24.8 Å². The minimum atomic E-state index is 0.667. The van der Waals surface area contributed by atoms with Crippen LogP contribution in [-0.4, -0.2) is 47.4 Å². The Morgan fingerprint density at radius 2 is 2.25 bits per heavy atom. The summed E-state index contributed by atoms with van der Waals surface area (Å²) in [5.41, 5.74) is 2.61. The van der Waals surface area contributed by atoms with Crippen LogP contribution in [-0.2, 0) is 4.74 Å². The van der Waals surface area contributed by atoms with Crippen molar-refractivity contribution in [2.75, 3.05) is 26.3 Å². The molecule has 0 amide bonds. The number of likely N-dealkylation sites (tertiary alicyclic amines) is 1. The van der Waals surface area contributed by atoms with Gasteiger partial charge in [-0.3, -0.25) is 10.00 Å². The second-order valence-electron chi connectivity index (χ2n) is 6.28. The lowest BCUT2D eigenvalue weighted by Crippen LogP contribution is -2.53. The zero-order chi connectivity index (χ0) is 13.5. The SMILES string of the molecule is CC1CN(C2COC2)CCC1c1ccc2cn[nH]c2c1. The van der Waals surface area contributed by atoms with Crippen LogP contribution in [0.3, 0.4) is 0 Å². The van der Waals surface area contributed by atoms with Crippen molar-refractivity contribution in [1.82, 2.24) is 15.1 Å². The maximum absolute atomic E-state index is 5.32. The fourth-order valence-corrected chi connectivity index (χ4v) is 3.62. The van der Waals surface area contributed by atoms with Gasteiger partial charge in [0.15, 0.2) is 0 Å². The van der Waals surface area contributed by atoms with Crippen molar-refractivity contribution in [1.29, 1.82) is 0 Å². The number of fused-ring (bicyclic) bond motifs is 1. The summed E-state index contributed by atoms with van der Waals surface area (Å²) >= 11 is 0. The molecule has 0 aliphatic carbocycles. The number of nitrogens with zero attached hydrogens (tertiary/aromatic N) is 2. The summed E-state index contributed by atoms with van der Waals surface area (Å²) < 4.78 is 5.32. The van der Waals surface area contributed by atoms with Gasteiger partial charge in [0.1, 0.15) is 0 Å². The Morgan fingerprint density at radius 3 is 3.00 bits per heavy atom. The molecule has 4 heteroatoms. The van der Waals surface area contributed by atoms with Crippen LogP contribution in [0.15, 0.2) is 24.4 Å². The summed E-state index contributed by atoms with van der Waals surface area (Å²) in [6.45, 7) is 6.63. The normalized spacial score (nSPS) is 28.6. The second-order valence-corrected chi connectivity index (χ2v) is 6.28. The third kappa shape index (κ3) is 2.03. The molecule has 1 aromatic heterocycles. The van der Waals surface area contributed by atoms with Gasteiger partial charge in [-0.15, -0.1) is 0 Å². The molecule has 2 fully saturated rings. The standard InChI is InChI=1S/C16H21N3O/c1-11-8-19(14-9-20-10-14)5-4-15(11)12-2-3-13-7-17-18-16(13)6-12/h2-3,6-7,11,14-15H,4-5,8-10H2,1H3,(H,17,18). The van der Waals surface area contributed by atoms with E-state index in [4.69, 9.17) is 4.74 Å². The van der Waals surface area contributed by atoms with Crippen molar-refractivity contribution in [3.63, 3.8) is 0 Å². The molecule has 0 radical (unpaired) electrons. The highest BCUT2D eigenvalue weighted by atomic mass is 16.5.